The number of hydrogen-bond acceptors (Lipinski definition) is 5. The van der Waals surface area contributed by atoms with Crippen LogP contribution in [0.15, 0.2) is 42.6 Å². The molecule has 3 aliphatic rings. The molecule has 2 bridgehead atoms. The maximum absolute atomic E-state index is 13.1. The average Bonchev–Trinajstić information content (AvgIpc) is 3.75. The van der Waals surface area contributed by atoms with Crippen LogP contribution >= 0.6 is 0 Å². The minimum absolute atomic E-state index is 0.0157. The van der Waals surface area contributed by atoms with Crippen molar-refractivity contribution in [2.24, 2.45) is 0 Å². The van der Waals surface area contributed by atoms with Gasteiger partial charge < -0.3 is 20.6 Å². The Morgan fingerprint density at radius 1 is 1.03 bits per heavy atom. The highest BCUT2D eigenvalue weighted by Gasteiger charge is 2.28. The van der Waals surface area contributed by atoms with Crippen LogP contribution in [0.5, 0.6) is 0 Å². The van der Waals surface area contributed by atoms with Crippen LogP contribution in [0.4, 0.5) is 0 Å². The number of carbonyl (C=O) groups excluding carboxylic acids is 2. The highest BCUT2D eigenvalue weighted by molar-refractivity contribution is 5.87. The number of benzene rings is 1. The Hall–Kier alpha value is -2.77. The molecule has 0 unspecified atom stereocenters. The van der Waals surface area contributed by atoms with E-state index in [1.165, 1.54) is 28.9 Å². The number of nitrogens with one attached hydrogen (secondary N) is 2. The molecule has 1 saturated carbocycles. The van der Waals surface area contributed by atoms with Gasteiger partial charge in [0.05, 0.1) is 17.8 Å². The summed E-state index contributed by atoms with van der Waals surface area (Å²) in [5, 5.41) is 17.4. The molecular formula is C30H42N4O3. The van der Waals surface area contributed by atoms with E-state index >= 15 is 0 Å². The third-order valence-corrected chi connectivity index (χ3v) is 7.79. The minimum atomic E-state index is -0.801. The number of nitrogens with zero attached hydrogens (tertiary/aromatic N) is 2. The second-order valence-corrected chi connectivity index (χ2v) is 10.8. The molecule has 2 amide bonds. The van der Waals surface area contributed by atoms with Gasteiger partial charge in [0.1, 0.15) is 6.04 Å². The summed E-state index contributed by atoms with van der Waals surface area (Å²) in [4.78, 5) is 31.8. The number of carbonyl (C=O) groups is 2. The molecule has 1 aromatic carbocycles. The van der Waals surface area contributed by atoms with Crippen LogP contribution in [0, 0.1) is 0 Å². The fourth-order valence-electron chi connectivity index (χ4n) is 4.90. The van der Waals surface area contributed by atoms with Crippen molar-refractivity contribution in [3.63, 3.8) is 0 Å². The van der Waals surface area contributed by atoms with Gasteiger partial charge in [-0.15, -0.1) is 0 Å². The molecular weight excluding hydrogens is 464 g/mol. The lowest BCUT2D eigenvalue weighted by atomic mass is 9.98. The number of hydrogen-bond donors (Lipinski definition) is 3. The van der Waals surface area contributed by atoms with E-state index in [4.69, 9.17) is 0 Å². The van der Waals surface area contributed by atoms with E-state index < -0.39 is 18.2 Å². The monoisotopic (exact) mass is 506 g/mol. The summed E-state index contributed by atoms with van der Waals surface area (Å²) in [6, 6.07) is 11.6. The number of pyridine rings is 1. The van der Waals surface area contributed by atoms with Gasteiger partial charge in [-0.25, -0.2) is 0 Å². The van der Waals surface area contributed by atoms with E-state index in [0.29, 0.717) is 31.8 Å². The third-order valence-electron chi connectivity index (χ3n) is 7.79. The Bertz CT molecular complexity index is 1020. The number of aromatic nitrogens is 1. The van der Waals surface area contributed by atoms with Crippen molar-refractivity contribution in [1.82, 2.24) is 20.5 Å². The SMILES string of the molecule is C[C@H]1C(=O)N[C@H]([C@H](O)CNCc2ccc(C3CC3)cn2)Cc2ccc(cc2)CCCCCCC(=O)N1C. The van der Waals surface area contributed by atoms with E-state index in [1.807, 2.05) is 12.3 Å². The van der Waals surface area contributed by atoms with Crippen molar-refractivity contribution in [2.75, 3.05) is 13.6 Å². The largest absolute Gasteiger partial charge is 0.390 e. The van der Waals surface area contributed by atoms with Gasteiger partial charge in [-0.05, 0) is 74.1 Å². The summed E-state index contributed by atoms with van der Waals surface area (Å²) < 4.78 is 0. The van der Waals surface area contributed by atoms with Crippen LogP contribution in [-0.4, -0.2) is 58.6 Å². The van der Waals surface area contributed by atoms with Crippen molar-refractivity contribution < 1.29 is 14.7 Å². The van der Waals surface area contributed by atoms with Crippen molar-refractivity contribution in [2.45, 2.75) is 95.4 Å². The van der Waals surface area contributed by atoms with Crippen molar-refractivity contribution in [3.05, 3.63) is 65.0 Å². The number of likely N-dealkylation sites (N-methyl/N-ethyl adjacent to an activating group) is 1. The molecule has 3 atom stereocenters. The summed E-state index contributed by atoms with van der Waals surface area (Å²) >= 11 is 0. The summed E-state index contributed by atoms with van der Waals surface area (Å²) in [5.41, 5.74) is 4.59. The van der Waals surface area contributed by atoms with Crippen LogP contribution < -0.4 is 10.6 Å². The van der Waals surface area contributed by atoms with Crippen LogP contribution in [0.3, 0.4) is 0 Å². The lowest BCUT2D eigenvalue weighted by Crippen LogP contribution is -2.54. The van der Waals surface area contributed by atoms with Gasteiger partial charge in [-0.1, -0.05) is 43.2 Å². The van der Waals surface area contributed by atoms with Gasteiger partial charge in [0.15, 0.2) is 0 Å². The predicted molar refractivity (Wildman–Crippen MR) is 145 cm³/mol. The van der Waals surface area contributed by atoms with E-state index in [0.717, 1.165) is 43.4 Å². The molecule has 0 spiro atoms. The minimum Gasteiger partial charge on any atom is -0.390 e. The Morgan fingerprint density at radius 3 is 2.41 bits per heavy atom. The lowest BCUT2D eigenvalue weighted by molar-refractivity contribution is -0.139. The zero-order valence-corrected chi connectivity index (χ0v) is 22.3. The van der Waals surface area contributed by atoms with E-state index in [-0.39, 0.29) is 11.8 Å². The molecule has 3 N–H and O–H groups in total. The molecule has 0 radical (unpaired) electrons. The molecule has 1 aliphatic carbocycles. The summed E-state index contributed by atoms with van der Waals surface area (Å²) in [5.74, 6) is 0.412. The fraction of sp³-hybridized carbons (Fsp3) is 0.567. The predicted octanol–water partition coefficient (Wildman–Crippen LogP) is 3.49. The molecule has 0 saturated heterocycles. The molecule has 1 fully saturated rings. The number of fused-ring (bicyclic) bond motifs is 14. The highest BCUT2D eigenvalue weighted by Crippen LogP contribution is 2.39. The van der Waals surface area contributed by atoms with Gasteiger partial charge in [-0.3, -0.25) is 14.6 Å². The van der Waals surface area contributed by atoms with Gasteiger partial charge in [-0.2, -0.15) is 0 Å². The number of amides is 2. The standard InChI is InChI=1S/C30H42N4O3/c1-21-30(37)33-27(28(35)20-31-19-26-16-15-25(18-32-26)24-13-14-24)17-23-11-9-22(10-12-23)7-5-3-4-6-8-29(36)34(21)2/h9-12,15-16,18,21,24,27-28,31,35H,3-8,13-14,17,19-20H2,1-2H3,(H,33,37)/t21-,27-,28+/m0/s1. The molecule has 3 heterocycles. The summed E-state index contributed by atoms with van der Waals surface area (Å²) in [7, 11) is 1.69. The first-order valence-corrected chi connectivity index (χ1v) is 13.9. The van der Waals surface area contributed by atoms with Crippen LogP contribution in [0.25, 0.3) is 0 Å². The molecule has 200 valence electrons. The van der Waals surface area contributed by atoms with Gasteiger partial charge in [0.2, 0.25) is 11.8 Å². The zero-order chi connectivity index (χ0) is 26.2. The van der Waals surface area contributed by atoms with Gasteiger partial charge in [0.25, 0.3) is 0 Å². The van der Waals surface area contributed by atoms with E-state index in [9.17, 15) is 14.7 Å². The smallest absolute Gasteiger partial charge is 0.242 e. The third kappa shape index (κ3) is 8.11. The Balaban J connectivity index is 1.41. The van der Waals surface area contributed by atoms with Gasteiger partial charge in [0, 0.05) is 32.8 Å². The second kappa shape index (κ2) is 13.2. The van der Waals surface area contributed by atoms with Crippen molar-refractivity contribution in [3.8, 4) is 0 Å². The fourth-order valence-corrected chi connectivity index (χ4v) is 4.90. The molecule has 7 nitrogen and oxygen atoms in total. The number of rotatable bonds is 6. The Morgan fingerprint density at radius 2 is 1.73 bits per heavy atom. The second-order valence-electron chi connectivity index (χ2n) is 10.8. The zero-order valence-electron chi connectivity index (χ0n) is 22.3. The summed E-state index contributed by atoms with van der Waals surface area (Å²) in [6.45, 7) is 2.61. The molecule has 37 heavy (non-hydrogen) atoms. The molecule has 5 rings (SSSR count). The van der Waals surface area contributed by atoms with Gasteiger partial charge >= 0.3 is 0 Å². The van der Waals surface area contributed by atoms with E-state index in [1.54, 1.807) is 14.0 Å². The van der Waals surface area contributed by atoms with Crippen LogP contribution in [0.1, 0.15) is 80.2 Å². The van der Waals surface area contributed by atoms with Crippen molar-refractivity contribution >= 4 is 11.8 Å². The number of aryl methyl sites for hydroxylation is 1. The maximum atomic E-state index is 13.1. The number of aliphatic hydroxyl groups is 1. The topological polar surface area (TPSA) is 94.6 Å². The summed E-state index contributed by atoms with van der Waals surface area (Å²) in [6.07, 6.45) is 9.69. The molecule has 7 heteroatoms. The van der Waals surface area contributed by atoms with Crippen LogP contribution in [-0.2, 0) is 29.0 Å². The molecule has 2 aromatic rings. The number of aliphatic hydroxyl groups excluding tert-OH is 1. The first kappa shape index (κ1) is 27.3. The maximum Gasteiger partial charge on any atom is 0.242 e. The Kier molecular flexibility index (Phi) is 9.69. The average molecular weight is 507 g/mol. The lowest BCUT2D eigenvalue weighted by Gasteiger charge is -2.29. The highest BCUT2D eigenvalue weighted by atomic mass is 16.3. The van der Waals surface area contributed by atoms with Crippen molar-refractivity contribution in [1.29, 1.82) is 0 Å². The Labute approximate surface area is 221 Å². The van der Waals surface area contributed by atoms with E-state index in [2.05, 4.69) is 45.9 Å². The molecule has 2 aliphatic heterocycles. The first-order chi connectivity index (χ1) is 17.9. The normalized spacial score (nSPS) is 22.9. The van der Waals surface area contributed by atoms with Crippen LogP contribution in [0.2, 0.25) is 0 Å². The quantitative estimate of drug-likeness (QED) is 0.558. The molecule has 1 aromatic heterocycles. The first-order valence-electron chi connectivity index (χ1n) is 13.9.